The van der Waals surface area contributed by atoms with Crippen molar-refractivity contribution in [2.24, 2.45) is 0 Å². The highest BCUT2D eigenvalue weighted by Gasteiger charge is 2.16. The Hall–Kier alpha value is -4.12. The number of anilines is 1. The van der Waals surface area contributed by atoms with Gasteiger partial charge in [0.25, 0.3) is 5.56 Å². The molecule has 180 valence electrons. The summed E-state index contributed by atoms with van der Waals surface area (Å²) in [7, 11) is 3.10. The van der Waals surface area contributed by atoms with Crippen molar-refractivity contribution in [1.82, 2.24) is 19.5 Å². The predicted molar refractivity (Wildman–Crippen MR) is 134 cm³/mol. The van der Waals surface area contributed by atoms with E-state index in [0.717, 1.165) is 0 Å². The van der Waals surface area contributed by atoms with Crippen LogP contribution in [0.1, 0.15) is 5.69 Å². The van der Waals surface area contributed by atoms with Gasteiger partial charge in [-0.2, -0.15) is 0 Å². The fourth-order valence-corrected chi connectivity index (χ4v) is 3.98. The number of amides is 1. The molecular formula is C24H23N5O5S. The van der Waals surface area contributed by atoms with Crippen LogP contribution in [0.4, 0.5) is 10.6 Å². The molecule has 0 radical (unpaired) electrons. The first-order chi connectivity index (χ1) is 16.9. The molecule has 0 aliphatic heterocycles. The van der Waals surface area contributed by atoms with Gasteiger partial charge >= 0.3 is 6.09 Å². The number of benzene rings is 1. The lowest BCUT2D eigenvalue weighted by atomic mass is 10.0. The van der Waals surface area contributed by atoms with E-state index in [1.54, 1.807) is 67.4 Å². The maximum atomic E-state index is 13.7. The SMILES string of the molecule is COc1cc(OC)cc(-c2cc3cnc(SC)nc3n(CCc3cccc(NC(=O)O)n3)c2=O)c1. The van der Waals surface area contributed by atoms with E-state index >= 15 is 0 Å². The van der Waals surface area contributed by atoms with Gasteiger partial charge in [-0.15, -0.1) is 0 Å². The average molecular weight is 494 g/mol. The number of hydrogen-bond acceptors (Lipinski definition) is 8. The quantitative estimate of drug-likeness (QED) is 0.277. The summed E-state index contributed by atoms with van der Waals surface area (Å²) in [4.78, 5) is 37.9. The molecule has 0 aliphatic rings. The van der Waals surface area contributed by atoms with Gasteiger partial charge in [-0.05, 0) is 42.2 Å². The van der Waals surface area contributed by atoms with Gasteiger partial charge in [-0.3, -0.25) is 14.7 Å². The van der Waals surface area contributed by atoms with Crippen molar-refractivity contribution in [2.75, 3.05) is 25.8 Å². The number of thioether (sulfide) groups is 1. The van der Waals surface area contributed by atoms with Gasteiger partial charge in [-0.1, -0.05) is 17.8 Å². The summed E-state index contributed by atoms with van der Waals surface area (Å²) < 4.78 is 12.4. The first-order valence-electron chi connectivity index (χ1n) is 10.6. The van der Waals surface area contributed by atoms with E-state index in [1.165, 1.54) is 11.8 Å². The van der Waals surface area contributed by atoms with Crippen molar-refractivity contribution < 1.29 is 19.4 Å². The van der Waals surface area contributed by atoms with E-state index in [2.05, 4.69) is 20.3 Å². The minimum absolute atomic E-state index is 0.219. The summed E-state index contributed by atoms with van der Waals surface area (Å²) >= 11 is 1.38. The lowest BCUT2D eigenvalue weighted by Gasteiger charge is -2.14. The Morgan fingerprint density at radius 3 is 2.51 bits per heavy atom. The van der Waals surface area contributed by atoms with E-state index < -0.39 is 6.09 Å². The Morgan fingerprint density at radius 1 is 1.11 bits per heavy atom. The van der Waals surface area contributed by atoms with E-state index in [9.17, 15) is 9.59 Å². The summed E-state index contributed by atoms with van der Waals surface area (Å²) in [6.45, 7) is 0.276. The molecule has 0 unspecified atom stereocenters. The maximum absolute atomic E-state index is 13.7. The second kappa shape index (κ2) is 10.4. The third kappa shape index (κ3) is 5.35. The van der Waals surface area contributed by atoms with Crippen molar-refractivity contribution in [1.29, 1.82) is 0 Å². The van der Waals surface area contributed by atoms with Gasteiger partial charge in [0, 0.05) is 41.9 Å². The summed E-state index contributed by atoms with van der Waals surface area (Å²) in [6, 6.07) is 12.1. The van der Waals surface area contributed by atoms with E-state index in [0.29, 0.717) is 50.9 Å². The summed E-state index contributed by atoms with van der Waals surface area (Å²) in [5, 5.41) is 12.4. The number of carbonyl (C=O) groups is 1. The van der Waals surface area contributed by atoms with Crippen LogP contribution in [0.25, 0.3) is 22.2 Å². The summed E-state index contributed by atoms with van der Waals surface area (Å²) in [6.07, 6.45) is 2.75. The maximum Gasteiger partial charge on any atom is 0.410 e. The monoisotopic (exact) mass is 493 g/mol. The molecule has 3 aromatic heterocycles. The standard InChI is InChI=1S/C24H23N5O5S/c1-33-17-9-14(10-18(12-17)34-2)19-11-15-13-25-23(35-3)28-21(15)29(22(19)30)8-7-16-5-4-6-20(26-16)27-24(31)32/h4-6,9-13H,7-8H2,1-3H3,(H,26,27)(H,31,32). The van der Waals surface area contributed by atoms with Gasteiger partial charge in [0.15, 0.2) is 5.16 Å². The van der Waals surface area contributed by atoms with Crippen LogP contribution in [0.3, 0.4) is 0 Å². The smallest absolute Gasteiger partial charge is 0.410 e. The van der Waals surface area contributed by atoms with Crippen molar-refractivity contribution in [3.8, 4) is 22.6 Å². The highest BCUT2D eigenvalue weighted by molar-refractivity contribution is 7.98. The van der Waals surface area contributed by atoms with Gasteiger partial charge in [0.2, 0.25) is 0 Å². The predicted octanol–water partition coefficient (Wildman–Crippen LogP) is 3.93. The molecule has 2 N–H and O–H groups in total. The van der Waals surface area contributed by atoms with E-state index in [4.69, 9.17) is 14.6 Å². The molecule has 4 aromatic rings. The zero-order chi connectivity index (χ0) is 24.9. The Bertz CT molecular complexity index is 1430. The molecule has 0 saturated heterocycles. The molecule has 0 aliphatic carbocycles. The molecule has 3 heterocycles. The minimum atomic E-state index is -1.19. The number of aromatic nitrogens is 4. The van der Waals surface area contributed by atoms with Crippen LogP contribution in [-0.4, -0.2) is 51.2 Å². The average Bonchev–Trinajstić information content (AvgIpc) is 2.87. The van der Waals surface area contributed by atoms with Crippen LogP contribution in [0.15, 0.2) is 58.6 Å². The molecule has 35 heavy (non-hydrogen) atoms. The third-order valence-electron chi connectivity index (χ3n) is 5.28. The van der Waals surface area contributed by atoms with E-state index in [1.807, 2.05) is 6.26 Å². The topological polar surface area (TPSA) is 128 Å². The van der Waals surface area contributed by atoms with Crippen LogP contribution in [-0.2, 0) is 13.0 Å². The van der Waals surface area contributed by atoms with Crippen LogP contribution in [0, 0.1) is 0 Å². The highest BCUT2D eigenvalue weighted by atomic mass is 32.2. The number of aryl methyl sites for hydroxylation is 2. The molecule has 11 heteroatoms. The number of carboxylic acid groups (broad SMARTS) is 1. The van der Waals surface area contributed by atoms with Gasteiger partial charge in [-0.25, -0.2) is 19.7 Å². The van der Waals surface area contributed by atoms with E-state index in [-0.39, 0.29) is 17.9 Å². The molecule has 0 fully saturated rings. The Balaban J connectivity index is 1.82. The zero-order valence-corrected chi connectivity index (χ0v) is 20.1. The van der Waals surface area contributed by atoms with Crippen LogP contribution in [0.2, 0.25) is 0 Å². The number of rotatable bonds is 8. The molecule has 1 amide bonds. The Morgan fingerprint density at radius 2 is 1.86 bits per heavy atom. The second-order valence-electron chi connectivity index (χ2n) is 7.45. The van der Waals surface area contributed by atoms with Crippen LogP contribution in [0.5, 0.6) is 11.5 Å². The zero-order valence-electron chi connectivity index (χ0n) is 19.3. The molecule has 0 spiro atoms. The molecular weight excluding hydrogens is 470 g/mol. The number of pyridine rings is 2. The molecule has 10 nitrogen and oxygen atoms in total. The molecule has 0 saturated carbocycles. The second-order valence-corrected chi connectivity index (χ2v) is 8.22. The number of hydrogen-bond donors (Lipinski definition) is 2. The number of nitrogens with one attached hydrogen (secondary N) is 1. The van der Waals surface area contributed by atoms with Crippen LogP contribution < -0.4 is 20.3 Å². The van der Waals surface area contributed by atoms with Crippen LogP contribution >= 0.6 is 11.8 Å². The van der Waals surface area contributed by atoms with Gasteiger partial charge < -0.3 is 14.6 Å². The normalized spacial score (nSPS) is 10.8. The Labute approximate surface area is 205 Å². The minimum Gasteiger partial charge on any atom is -0.497 e. The lowest BCUT2D eigenvalue weighted by Crippen LogP contribution is -2.24. The molecule has 0 bridgehead atoms. The third-order valence-corrected chi connectivity index (χ3v) is 5.85. The Kier molecular flexibility index (Phi) is 7.16. The number of nitrogens with zero attached hydrogens (tertiary/aromatic N) is 4. The summed E-state index contributed by atoms with van der Waals surface area (Å²) in [5.74, 6) is 1.34. The summed E-state index contributed by atoms with van der Waals surface area (Å²) in [5.41, 5.74) is 1.99. The van der Waals surface area contributed by atoms with Crippen molar-refractivity contribution in [2.45, 2.75) is 18.1 Å². The molecule has 0 atom stereocenters. The number of ether oxygens (including phenoxy) is 2. The molecule has 1 aromatic carbocycles. The fourth-order valence-electron chi connectivity index (χ4n) is 3.64. The number of methoxy groups -OCH3 is 2. The van der Waals surface area contributed by atoms with Crippen molar-refractivity contribution in [3.63, 3.8) is 0 Å². The first-order valence-corrected chi connectivity index (χ1v) is 11.8. The van der Waals surface area contributed by atoms with Gasteiger partial charge in [0.05, 0.1) is 14.2 Å². The largest absolute Gasteiger partial charge is 0.497 e. The number of fused-ring (bicyclic) bond motifs is 1. The lowest BCUT2D eigenvalue weighted by molar-refractivity contribution is 0.209. The van der Waals surface area contributed by atoms with Crippen molar-refractivity contribution in [3.05, 3.63) is 64.7 Å². The van der Waals surface area contributed by atoms with Crippen molar-refractivity contribution >= 4 is 34.7 Å². The first kappa shape index (κ1) is 24.0. The molecule has 4 rings (SSSR count). The highest BCUT2D eigenvalue weighted by Crippen LogP contribution is 2.29. The fraction of sp³-hybridized carbons (Fsp3) is 0.208. The van der Waals surface area contributed by atoms with Gasteiger partial charge in [0.1, 0.15) is 23.0 Å².